The lowest BCUT2D eigenvalue weighted by Crippen LogP contribution is -2.39. The van der Waals surface area contributed by atoms with E-state index >= 15 is 0 Å². The number of hydrogen-bond donors (Lipinski definition) is 0. The van der Waals surface area contributed by atoms with Gasteiger partial charge in [-0.3, -0.25) is 9.59 Å². The van der Waals surface area contributed by atoms with Crippen molar-refractivity contribution in [2.24, 2.45) is 5.10 Å². The minimum absolute atomic E-state index is 0.0351. The van der Waals surface area contributed by atoms with Crippen molar-refractivity contribution in [2.45, 2.75) is 18.6 Å². The Balaban J connectivity index is 1.58. The molecule has 3 aromatic rings. The minimum atomic E-state index is -4.51. The van der Waals surface area contributed by atoms with Crippen LogP contribution in [0.25, 0.3) is 0 Å². The van der Waals surface area contributed by atoms with E-state index in [1.165, 1.54) is 12.1 Å². The number of benzene rings is 3. The molecule has 1 heterocycles. The summed E-state index contributed by atoms with van der Waals surface area (Å²) in [5.74, 6) is -0.417. The Bertz CT molecular complexity index is 1340. The number of nitrogens with zero attached hydrogens (tertiary/aromatic N) is 3. The van der Waals surface area contributed by atoms with Crippen LogP contribution >= 0.6 is 11.6 Å². The van der Waals surface area contributed by atoms with E-state index in [-0.39, 0.29) is 12.1 Å². The van der Waals surface area contributed by atoms with Gasteiger partial charge in [-0.05, 0) is 48.0 Å². The normalized spacial score (nSPS) is 15.4. The molecule has 4 rings (SSSR count). The molecule has 0 bridgehead atoms. The highest BCUT2D eigenvalue weighted by molar-refractivity contribution is 6.31. The number of carbonyl (C=O) groups excluding carboxylic acids is 2. The Morgan fingerprint density at radius 3 is 2.43 bits per heavy atom. The maximum Gasteiger partial charge on any atom is 0.416 e. The molecular formula is C27H23ClF3N3O3. The molecule has 1 aliphatic heterocycles. The van der Waals surface area contributed by atoms with Crippen molar-refractivity contribution in [3.8, 4) is 5.75 Å². The second-order valence-corrected chi connectivity index (χ2v) is 8.90. The van der Waals surface area contributed by atoms with Crippen molar-refractivity contribution in [1.82, 2.24) is 9.91 Å². The third kappa shape index (κ3) is 5.77. The molecule has 0 spiro atoms. The number of carbonyl (C=O) groups is 2. The van der Waals surface area contributed by atoms with Crippen molar-refractivity contribution in [3.63, 3.8) is 0 Å². The van der Waals surface area contributed by atoms with E-state index in [9.17, 15) is 22.8 Å². The Morgan fingerprint density at radius 1 is 1.08 bits per heavy atom. The van der Waals surface area contributed by atoms with Crippen LogP contribution in [0.1, 0.15) is 39.5 Å². The summed E-state index contributed by atoms with van der Waals surface area (Å²) in [7, 11) is 2.96. The number of alkyl halides is 3. The third-order valence-electron chi connectivity index (χ3n) is 6.01. The first kappa shape index (κ1) is 26.2. The lowest BCUT2D eigenvalue weighted by atomic mass is 9.98. The van der Waals surface area contributed by atoms with Gasteiger partial charge < -0.3 is 9.64 Å². The summed E-state index contributed by atoms with van der Waals surface area (Å²) in [5, 5.41) is 6.37. The van der Waals surface area contributed by atoms with E-state index < -0.39 is 29.6 Å². The highest BCUT2D eigenvalue weighted by Crippen LogP contribution is 2.37. The molecule has 0 aromatic heterocycles. The molecule has 1 aliphatic rings. The van der Waals surface area contributed by atoms with E-state index in [0.29, 0.717) is 28.5 Å². The molecule has 1 atom stereocenters. The first-order valence-corrected chi connectivity index (χ1v) is 11.7. The van der Waals surface area contributed by atoms with E-state index in [4.69, 9.17) is 16.3 Å². The molecule has 0 fully saturated rings. The fourth-order valence-corrected chi connectivity index (χ4v) is 4.34. The van der Waals surface area contributed by atoms with Gasteiger partial charge in [0.2, 0.25) is 0 Å². The second kappa shape index (κ2) is 10.6. The predicted octanol–water partition coefficient (Wildman–Crippen LogP) is 5.82. The average molecular weight is 530 g/mol. The standard InChI is InChI=1S/C27H23ClF3N3O3/c1-33(26(36)17-10-12-19(13-11-17)27(29,30)31)16-25(35)34-24(21-8-3-4-9-22(21)28)15-23(32-34)18-6-5-7-20(14-18)37-2/h3-14,24H,15-16H2,1-2H3/t24-/m0/s1. The molecule has 10 heteroatoms. The Hall–Kier alpha value is -3.85. The van der Waals surface area contributed by atoms with Crippen LogP contribution in [-0.2, 0) is 11.0 Å². The van der Waals surface area contributed by atoms with Crippen LogP contribution in [0.15, 0.2) is 77.9 Å². The summed E-state index contributed by atoms with van der Waals surface area (Å²) >= 11 is 6.44. The zero-order chi connectivity index (χ0) is 26.7. The number of likely N-dealkylation sites (N-methyl/N-ethyl adjacent to an activating group) is 1. The van der Waals surface area contributed by atoms with Gasteiger partial charge >= 0.3 is 6.18 Å². The van der Waals surface area contributed by atoms with Gasteiger partial charge in [0.25, 0.3) is 11.8 Å². The quantitative estimate of drug-likeness (QED) is 0.404. The number of rotatable bonds is 6. The molecule has 6 nitrogen and oxygen atoms in total. The Morgan fingerprint density at radius 2 is 1.78 bits per heavy atom. The van der Waals surface area contributed by atoms with Gasteiger partial charge in [-0.2, -0.15) is 18.3 Å². The SMILES string of the molecule is COc1cccc(C2=NN(C(=O)CN(C)C(=O)c3ccc(C(F)(F)F)cc3)[C@H](c3ccccc3Cl)C2)c1. The summed E-state index contributed by atoms with van der Waals surface area (Å²) < 4.78 is 43.9. The second-order valence-electron chi connectivity index (χ2n) is 8.49. The van der Waals surface area contributed by atoms with E-state index in [1.807, 2.05) is 30.3 Å². The summed E-state index contributed by atoms with van der Waals surface area (Å²) in [6.07, 6.45) is -4.12. The number of methoxy groups -OCH3 is 1. The molecule has 192 valence electrons. The van der Waals surface area contributed by atoms with Gasteiger partial charge in [0, 0.05) is 29.6 Å². The van der Waals surface area contributed by atoms with Crippen LogP contribution < -0.4 is 4.74 Å². The Labute approximate surface area is 216 Å². The van der Waals surface area contributed by atoms with Crippen LogP contribution in [0.5, 0.6) is 5.75 Å². The van der Waals surface area contributed by atoms with Crippen LogP contribution in [0, 0.1) is 0 Å². The molecule has 3 aromatic carbocycles. The van der Waals surface area contributed by atoms with Gasteiger partial charge in [0.1, 0.15) is 12.3 Å². The monoisotopic (exact) mass is 529 g/mol. The van der Waals surface area contributed by atoms with Crippen molar-refractivity contribution >= 4 is 29.1 Å². The molecule has 0 N–H and O–H groups in total. The lowest BCUT2D eigenvalue weighted by molar-refractivity contribution is -0.137. The molecule has 2 amide bonds. The van der Waals surface area contributed by atoms with Gasteiger partial charge in [-0.15, -0.1) is 0 Å². The van der Waals surface area contributed by atoms with E-state index in [0.717, 1.165) is 34.7 Å². The summed E-state index contributed by atoms with van der Waals surface area (Å²) in [5.41, 5.74) is 1.31. The molecular weight excluding hydrogens is 507 g/mol. The highest BCUT2D eigenvalue weighted by atomic mass is 35.5. The van der Waals surface area contributed by atoms with E-state index in [2.05, 4.69) is 5.10 Å². The van der Waals surface area contributed by atoms with Crippen molar-refractivity contribution in [3.05, 3.63) is 100 Å². The smallest absolute Gasteiger partial charge is 0.416 e. The fourth-order valence-electron chi connectivity index (χ4n) is 4.07. The van der Waals surface area contributed by atoms with Crippen molar-refractivity contribution in [1.29, 1.82) is 0 Å². The van der Waals surface area contributed by atoms with Crippen LogP contribution in [0.4, 0.5) is 13.2 Å². The lowest BCUT2D eigenvalue weighted by Gasteiger charge is -2.25. The maximum atomic E-state index is 13.4. The van der Waals surface area contributed by atoms with Crippen LogP contribution in [-0.4, -0.2) is 48.1 Å². The maximum absolute atomic E-state index is 13.4. The van der Waals surface area contributed by atoms with Crippen LogP contribution in [0.2, 0.25) is 5.02 Å². The zero-order valence-electron chi connectivity index (χ0n) is 20.0. The predicted molar refractivity (Wildman–Crippen MR) is 134 cm³/mol. The largest absolute Gasteiger partial charge is 0.497 e. The van der Waals surface area contributed by atoms with Crippen molar-refractivity contribution < 1.29 is 27.5 Å². The molecule has 0 unspecified atom stereocenters. The first-order chi connectivity index (χ1) is 17.6. The summed E-state index contributed by atoms with van der Waals surface area (Å²) in [4.78, 5) is 27.3. The molecule has 37 heavy (non-hydrogen) atoms. The number of hydrogen-bond acceptors (Lipinski definition) is 4. The van der Waals surface area contributed by atoms with Gasteiger partial charge in [0.15, 0.2) is 0 Å². The van der Waals surface area contributed by atoms with Gasteiger partial charge in [-0.25, -0.2) is 5.01 Å². The first-order valence-electron chi connectivity index (χ1n) is 11.3. The molecule has 0 aliphatic carbocycles. The number of halogens is 4. The highest BCUT2D eigenvalue weighted by Gasteiger charge is 2.35. The topological polar surface area (TPSA) is 62.2 Å². The Kier molecular flexibility index (Phi) is 7.54. The average Bonchev–Trinajstić information content (AvgIpc) is 3.33. The number of hydrazone groups is 1. The minimum Gasteiger partial charge on any atom is -0.497 e. The summed E-state index contributed by atoms with van der Waals surface area (Å²) in [6, 6.07) is 17.8. The molecule has 0 saturated carbocycles. The number of ether oxygens (including phenoxy) is 1. The van der Waals surface area contributed by atoms with E-state index in [1.54, 1.807) is 25.3 Å². The van der Waals surface area contributed by atoms with Crippen LogP contribution in [0.3, 0.4) is 0 Å². The zero-order valence-corrected chi connectivity index (χ0v) is 20.8. The number of amides is 2. The molecule has 0 radical (unpaired) electrons. The molecule has 0 saturated heterocycles. The van der Waals surface area contributed by atoms with Gasteiger partial charge in [0.05, 0.1) is 24.4 Å². The summed E-state index contributed by atoms with van der Waals surface area (Å²) in [6.45, 7) is -0.338. The fraction of sp³-hybridized carbons (Fsp3) is 0.222. The van der Waals surface area contributed by atoms with Gasteiger partial charge in [-0.1, -0.05) is 41.9 Å². The van der Waals surface area contributed by atoms with Crippen molar-refractivity contribution in [2.75, 3.05) is 20.7 Å². The third-order valence-corrected chi connectivity index (χ3v) is 6.36.